The Kier molecular flexibility index (Phi) is 6.72. The zero-order valence-electron chi connectivity index (χ0n) is 17.9. The van der Waals surface area contributed by atoms with Gasteiger partial charge in [-0.05, 0) is 68.7 Å². The summed E-state index contributed by atoms with van der Waals surface area (Å²) in [7, 11) is -3.99. The van der Waals surface area contributed by atoms with Crippen LogP contribution in [0.4, 0.5) is 5.69 Å². The van der Waals surface area contributed by atoms with Crippen LogP contribution in [0.1, 0.15) is 45.6 Å². The molecular formula is C24H25ClN2O3S. The number of hydrogen-bond acceptors (Lipinski definition) is 3. The van der Waals surface area contributed by atoms with E-state index in [0.717, 1.165) is 22.3 Å². The number of nitrogens with one attached hydrogen (secondary N) is 2. The van der Waals surface area contributed by atoms with Crippen LogP contribution in [0.2, 0.25) is 5.02 Å². The summed E-state index contributed by atoms with van der Waals surface area (Å²) in [4.78, 5) is 12.6. The van der Waals surface area contributed by atoms with Crippen molar-refractivity contribution < 1.29 is 13.2 Å². The van der Waals surface area contributed by atoms with Crippen LogP contribution in [0.3, 0.4) is 0 Å². The predicted octanol–water partition coefficient (Wildman–Crippen LogP) is 5.56. The smallest absolute Gasteiger partial charge is 0.263 e. The van der Waals surface area contributed by atoms with Gasteiger partial charge in [0.15, 0.2) is 0 Å². The van der Waals surface area contributed by atoms with E-state index in [2.05, 4.69) is 10.0 Å². The Morgan fingerprint density at radius 2 is 1.55 bits per heavy atom. The van der Waals surface area contributed by atoms with Crippen molar-refractivity contribution in [3.63, 3.8) is 0 Å². The molecule has 0 fully saturated rings. The number of aryl methyl sites for hydroxylation is 3. The van der Waals surface area contributed by atoms with Gasteiger partial charge >= 0.3 is 0 Å². The van der Waals surface area contributed by atoms with Gasteiger partial charge in [-0.2, -0.15) is 0 Å². The third-order valence-corrected chi connectivity index (χ3v) is 6.89. The first-order valence-corrected chi connectivity index (χ1v) is 11.7. The maximum atomic E-state index is 13.0. The zero-order chi connectivity index (χ0) is 22.8. The number of rotatable bonds is 6. The third-order valence-electron chi connectivity index (χ3n) is 5.05. The molecule has 3 aromatic rings. The lowest BCUT2D eigenvalue weighted by Gasteiger charge is -2.16. The summed E-state index contributed by atoms with van der Waals surface area (Å²) in [5.74, 6) is -0.382. The van der Waals surface area contributed by atoms with Crippen LogP contribution in [0, 0.1) is 20.8 Å². The number of benzene rings is 3. The van der Waals surface area contributed by atoms with E-state index in [4.69, 9.17) is 11.6 Å². The average molecular weight is 457 g/mol. The molecule has 0 aromatic heterocycles. The van der Waals surface area contributed by atoms with E-state index >= 15 is 0 Å². The van der Waals surface area contributed by atoms with Crippen molar-refractivity contribution in [3.8, 4) is 0 Å². The Bertz CT molecular complexity index is 1220. The van der Waals surface area contributed by atoms with Gasteiger partial charge in [-0.3, -0.25) is 9.52 Å². The Balaban J connectivity index is 1.85. The summed E-state index contributed by atoms with van der Waals surface area (Å²) in [6.45, 7) is 7.56. The molecule has 0 aliphatic rings. The standard InChI is InChI=1S/C24H25ClN2O3S/c1-15-6-9-19(10-7-15)18(4)26-24(28)20-11-12-21(25)23(14-20)31(29,30)27-22-13-16(2)5-8-17(22)3/h5-14,18,27H,1-4H3,(H,26,28)/t18-/m1/s1. The van der Waals surface area contributed by atoms with E-state index in [0.29, 0.717) is 5.69 Å². The molecule has 1 atom stereocenters. The minimum atomic E-state index is -3.99. The molecule has 31 heavy (non-hydrogen) atoms. The van der Waals surface area contributed by atoms with E-state index in [1.165, 1.54) is 18.2 Å². The van der Waals surface area contributed by atoms with Crippen molar-refractivity contribution in [2.45, 2.75) is 38.6 Å². The second-order valence-electron chi connectivity index (χ2n) is 7.67. The van der Waals surface area contributed by atoms with Crippen molar-refractivity contribution >= 4 is 33.2 Å². The van der Waals surface area contributed by atoms with Crippen LogP contribution in [0.25, 0.3) is 0 Å². The van der Waals surface area contributed by atoms with Crippen LogP contribution >= 0.6 is 11.6 Å². The molecule has 0 aliphatic heterocycles. The van der Waals surface area contributed by atoms with Crippen molar-refractivity contribution in [2.75, 3.05) is 4.72 Å². The molecule has 0 radical (unpaired) electrons. The monoisotopic (exact) mass is 456 g/mol. The van der Waals surface area contributed by atoms with Crippen LogP contribution in [-0.4, -0.2) is 14.3 Å². The van der Waals surface area contributed by atoms with Gasteiger partial charge in [0.1, 0.15) is 4.90 Å². The van der Waals surface area contributed by atoms with E-state index in [1.54, 1.807) is 6.07 Å². The molecule has 5 nitrogen and oxygen atoms in total. The number of halogens is 1. The van der Waals surface area contributed by atoms with Gasteiger partial charge in [0, 0.05) is 5.56 Å². The normalized spacial score (nSPS) is 12.3. The number of amides is 1. The quantitative estimate of drug-likeness (QED) is 0.510. The highest BCUT2D eigenvalue weighted by Gasteiger charge is 2.22. The molecule has 1 amide bonds. The topological polar surface area (TPSA) is 75.3 Å². The summed E-state index contributed by atoms with van der Waals surface area (Å²) in [5.41, 5.74) is 4.48. The van der Waals surface area contributed by atoms with Gasteiger partial charge in [0.25, 0.3) is 15.9 Å². The fourth-order valence-electron chi connectivity index (χ4n) is 3.11. The molecule has 0 saturated carbocycles. The summed E-state index contributed by atoms with van der Waals surface area (Å²) in [6, 6.07) is 17.3. The average Bonchev–Trinajstić information content (AvgIpc) is 2.71. The molecule has 0 aliphatic carbocycles. The summed E-state index contributed by atoms with van der Waals surface area (Å²) in [5, 5.41) is 2.94. The first-order chi connectivity index (χ1) is 14.6. The molecule has 162 valence electrons. The molecule has 0 saturated heterocycles. The third kappa shape index (κ3) is 5.46. The molecular weight excluding hydrogens is 432 g/mol. The molecule has 3 rings (SSSR count). The Morgan fingerprint density at radius 3 is 2.23 bits per heavy atom. The van der Waals surface area contributed by atoms with Gasteiger partial charge in [-0.15, -0.1) is 0 Å². The van der Waals surface area contributed by atoms with Gasteiger partial charge < -0.3 is 5.32 Å². The minimum Gasteiger partial charge on any atom is -0.346 e. The van der Waals surface area contributed by atoms with Crippen molar-refractivity contribution in [3.05, 3.63) is 93.5 Å². The minimum absolute atomic E-state index is 0.0425. The SMILES string of the molecule is Cc1ccc([C@@H](C)NC(=O)c2ccc(Cl)c(S(=O)(=O)Nc3cc(C)ccc3C)c2)cc1. The largest absolute Gasteiger partial charge is 0.346 e. The summed E-state index contributed by atoms with van der Waals surface area (Å²) in [6.07, 6.45) is 0. The number of hydrogen-bond donors (Lipinski definition) is 2. The van der Waals surface area contributed by atoms with Crippen LogP contribution in [0.5, 0.6) is 0 Å². The molecule has 0 unspecified atom stereocenters. The predicted molar refractivity (Wildman–Crippen MR) is 125 cm³/mol. The molecule has 3 aromatic carbocycles. The number of carbonyl (C=O) groups is 1. The fourth-order valence-corrected chi connectivity index (χ4v) is 4.76. The van der Waals surface area contributed by atoms with E-state index in [-0.39, 0.29) is 27.4 Å². The van der Waals surface area contributed by atoms with Crippen LogP contribution < -0.4 is 10.0 Å². The number of anilines is 1. The Morgan fingerprint density at radius 1 is 0.903 bits per heavy atom. The number of sulfonamides is 1. The first kappa shape index (κ1) is 22.8. The first-order valence-electron chi connectivity index (χ1n) is 9.84. The van der Waals surface area contributed by atoms with Crippen molar-refractivity contribution in [1.82, 2.24) is 5.32 Å². The Labute approximate surface area is 188 Å². The van der Waals surface area contributed by atoms with Gasteiger partial charge in [-0.25, -0.2) is 8.42 Å². The Hall–Kier alpha value is -2.83. The lowest BCUT2D eigenvalue weighted by molar-refractivity contribution is 0.0939. The van der Waals surface area contributed by atoms with Crippen LogP contribution in [0.15, 0.2) is 65.6 Å². The van der Waals surface area contributed by atoms with Crippen LogP contribution in [-0.2, 0) is 10.0 Å². The van der Waals surface area contributed by atoms with Crippen molar-refractivity contribution in [1.29, 1.82) is 0 Å². The molecule has 0 heterocycles. The molecule has 7 heteroatoms. The maximum Gasteiger partial charge on any atom is 0.263 e. The molecule has 0 bridgehead atoms. The summed E-state index contributed by atoms with van der Waals surface area (Å²) >= 11 is 6.19. The lowest BCUT2D eigenvalue weighted by atomic mass is 10.1. The van der Waals surface area contributed by atoms with Gasteiger partial charge in [0.05, 0.1) is 16.8 Å². The van der Waals surface area contributed by atoms with E-state index in [1.807, 2.05) is 64.1 Å². The van der Waals surface area contributed by atoms with Crippen molar-refractivity contribution in [2.24, 2.45) is 0 Å². The van der Waals surface area contributed by atoms with Gasteiger partial charge in [-0.1, -0.05) is 53.6 Å². The second kappa shape index (κ2) is 9.12. The van der Waals surface area contributed by atoms with Gasteiger partial charge in [0.2, 0.25) is 0 Å². The fraction of sp³-hybridized carbons (Fsp3) is 0.208. The molecule has 2 N–H and O–H groups in total. The second-order valence-corrected chi connectivity index (χ2v) is 9.73. The summed E-state index contributed by atoms with van der Waals surface area (Å²) < 4.78 is 28.6. The number of carbonyl (C=O) groups excluding carboxylic acids is 1. The van der Waals surface area contributed by atoms with E-state index in [9.17, 15) is 13.2 Å². The lowest BCUT2D eigenvalue weighted by Crippen LogP contribution is -2.27. The molecule has 0 spiro atoms. The maximum absolute atomic E-state index is 13.0. The van der Waals surface area contributed by atoms with E-state index < -0.39 is 10.0 Å². The highest BCUT2D eigenvalue weighted by Crippen LogP contribution is 2.27. The zero-order valence-corrected chi connectivity index (χ0v) is 19.4. The highest BCUT2D eigenvalue weighted by molar-refractivity contribution is 7.92. The highest BCUT2D eigenvalue weighted by atomic mass is 35.5.